The van der Waals surface area contributed by atoms with E-state index in [-0.39, 0.29) is 0 Å². The van der Waals surface area contributed by atoms with Crippen LogP contribution in [0.15, 0.2) is 143 Å². The lowest BCUT2D eigenvalue weighted by molar-refractivity contribution is -0.101. The summed E-state index contributed by atoms with van der Waals surface area (Å²) in [6.45, 7) is 0. The molecule has 0 atom stereocenters. The van der Waals surface area contributed by atoms with Crippen LogP contribution in [0.2, 0.25) is 0 Å². The van der Waals surface area contributed by atoms with Crippen molar-refractivity contribution >= 4 is 43.1 Å². The zero-order valence-corrected chi connectivity index (χ0v) is 21.8. The highest BCUT2D eigenvalue weighted by Gasteiger charge is 2.12. The molecule has 0 saturated carbocycles. The minimum atomic E-state index is 0.628. The summed E-state index contributed by atoms with van der Waals surface area (Å²) < 4.78 is 0. The van der Waals surface area contributed by atoms with E-state index in [9.17, 15) is 0 Å². The van der Waals surface area contributed by atoms with Gasteiger partial charge in [0.05, 0.1) is 9.79 Å². The smallest absolute Gasteiger partial charge is 0.193 e. The SMILES string of the molecule is c1ccc(SSc2ccccc2OOc2cccc3ccccc23)c(OOc2cccc3ccccc23)c1. The Labute approximate surface area is 228 Å². The molecule has 0 aliphatic carbocycles. The molecule has 0 spiro atoms. The second-order valence-corrected chi connectivity index (χ2v) is 10.6. The first-order valence-electron chi connectivity index (χ1n) is 12.0. The van der Waals surface area contributed by atoms with Gasteiger partial charge in [0.1, 0.15) is 0 Å². The van der Waals surface area contributed by atoms with Gasteiger partial charge in [-0.1, -0.05) is 97.1 Å². The second kappa shape index (κ2) is 11.4. The van der Waals surface area contributed by atoms with Crippen molar-refractivity contribution in [1.29, 1.82) is 0 Å². The molecular weight excluding hydrogens is 512 g/mol. The van der Waals surface area contributed by atoms with Gasteiger partial charge in [-0.05, 0) is 68.8 Å². The van der Waals surface area contributed by atoms with Gasteiger partial charge in [0, 0.05) is 10.8 Å². The van der Waals surface area contributed by atoms with Crippen LogP contribution in [-0.2, 0) is 0 Å². The second-order valence-electron chi connectivity index (χ2n) is 8.35. The van der Waals surface area contributed by atoms with Crippen molar-refractivity contribution in [2.45, 2.75) is 9.79 Å². The van der Waals surface area contributed by atoms with Crippen molar-refractivity contribution in [2.75, 3.05) is 0 Å². The van der Waals surface area contributed by atoms with Crippen molar-refractivity contribution in [3.8, 4) is 23.0 Å². The van der Waals surface area contributed by atoms with Crippen molar-refractivity contribution < 1.29 is 19.6 Å². The fraction of sp³-hybridized carbons (Fsp3) is 0. The summed E-state index contributed by atoms with van der Waals surface area (Å²) in [6, 6.07) is 43.5. The largest absolute Gasteiger partial charge is 0.289 e. The summed E-state index contributed by atoms with van der Waals surface area (Å²) >= 11 is 0. The average molecular weight is 535 g/mol. The van der Waals surface area contributed by atoms with E-state index in [0.717, 1.165) is 31.3 Å². The van der Waals surface area contributed by atoms with Crippen LogP contribution in [-0.4, -0.2) is 0 Å². The van der Waals surface area contributed by atoms with E-state index in [0.29, 0.717) is 23.0 Å². The average Bonchev–Trinajstić information content (AvgIpc) is 2.98. The molecule has 0 bridgehead atoms. The van der Waals surface area contributed by atoms with E-state index in [1.165, 1.54) is 0 Å². The zero-order valence-electron chi connectivity index (χ0n) is 20.2. The molecule has 0 aliphatic heterocycles. The topological polar surface area (TPSA) is 36.9 Å². The molecule has 0 unspecified atom stereocenters. The minimum Gasteiger partial charge on any atom is -0.289 e. The normalized spacial score (nSPS) is 10.8. The number of hydrogen-bond acceptors (Lipinski definition) is 6. The van der Waals surface area contributed by atoms with E-state index in [4.69, 9.17) is 19.6 Å². The van der Waals surface area contributed by atoms with Crippen LogP contribution in [0.25, 0.3) is 21.5 Å². The van der Waals surface area contributed by atoms with E-state index in [2.05, 4.69) is 0 Å². The molecule has 0 amide bonds. The van der Waals surface area contributed by atoms with Gasteiger partial charge < -0.3 is 0 Å². The van der Waals surface area contributed by atoms with Crippen LogP contribution in [0.1, 0.15) is 0 Å². The molecule has 0 fully saturated rings. The highest BCUT2D eigenvalue weighted by molar-refractivity contribution is 8.76. The Kier molecular flexibility index (Phi) is 7.24. The molecule has 0 aliphatic rings. The third-order valence-electron chi connectivity index (χ3n) is 5.86. The van der Waals surface area contributed by atoms with Gasteiger partial charge in [0.15, 0.2) is 23.0 Å². The molecule has 6 heteroatoms. The molecule has 0 aromatic heterocycles. The van der Waals surface area contributed by atoms with E-state index >= 15 is 0 Å². The number of fused-ring (bicyclic) bond motifs is 2. The zero-order chi connectivity index (χ0) is 25.6. The maximum atomic E-state index is 5.81. The lowest BCUT2D eigenvalue weighted by atomic mass is 10.1. The maximum Gasteiger partial charge on any atom is 0.193 e. The number of benzene rings is 6. The van der Waals surface area contributed by atoms with Crippen LogP contribution in [0, 0.1) is 0 Å². The molecule has 6 rings (SSSR count). The van der Waals surface area contributed by atoms with Gasteiger partial charge in [-0.15, -0.1) is 0 Å². The molecule has 4 nitrogen and oxygen atoms in total. The summed E-state index contributed by atoms with van der Waals surface area (Å²) in [5.41, 5.74) is 0. The molecule has 38 heavy (non-hydrogen) atoms. The van der Waals surface area contributed by atoms with Gasteiger partial charge in [-0.2, -0.15) is 0 Å². The van der Waals surface area contributed by atoms with Crippen LogP contribution < -0.4 is 19.6 Å². The van der Waals surface area contributed by atoms with Crippen molar-refractivity contribution in [2.24, 2.45) is 0 Å². The van der Waals surface area contributed by atoms with Gasteiger partial charge in [-0.3, -0.25) is 19.6 Å². The fourth-order valence-electron chi connectivity index (χ4n) is 3.98. The van der Waals surface area contributed by atoms with Gasteiger partial charge in [-0.25, -0.2) is 0 Å². The molecule has 6 aromatic carbocycles. The highest BCUT2D eigenvalue weighted by Crippen LogP contribution is 2.45. The van der Waals surface area contributed by atoms with E-state index < -0.39 is 0 Å². The number of hydrogen-bond donors (Lipinski definition) is 0. The van der Waals surface area contributed by atoms with Gasteiger partial charge in [0.2, 0.25) is 0 Å². The summed E-state index contributed by atoms with van der Waals surface area (Å²) in [7, 11) is 3.11. The minimum absolute atomic E-state index is 0.628. The highest BCUT2D eigenvalue weighted by atomic mass is 33.1. The molecule has 0 saturated heterocycles. The Morgan fingerprint density at radius 1 is 0.316 bits per heavy atom. The van der Waals surface area contributed by atoms with Crippen LogP contribution in [0.4, 0.5) is 0 Å². The van der Waals surface area contributed by atoms with E-state index in [1.807, 2.05) is 133 Å². The molecular formula is C32H22O4S2. The summed E-state index contributed by atoms with van der Waals surface area (Å²) in [5.74, 6) is 2.59. The first kappa shape index (κ1) is 24.1. The predicted octanol–water partition coefficient (Wildman–Crippen LogP) is 9.54. The van der Waals surface area contributed by atoms with E-state index in [1.54, 1.807) is 21.6 Å². The van der Waals surface area contributed by atoms with Gasteiger partial charge >= 0.3 is 0 Å². The quantitative estimate of drug-likeness (QED) is 0.104. The Morgan fingerprint density at radius 2 is 0.658 bits per heavy atom. The van der Waals surface area contributed by atoms with Crippen molar-refractivity contribution in [1.82, 2.24) is 0 Å². The molecule has 0 heterocycles. The Bertz CT molecular complexity index is 1570. The summed E-state index contributed by atoms with van der Waals surface area (Å²) in [5, 5.41) is 4.17. The Morgan fingerprint density at radius 3 is 1.16 bits per heavy atom. The fourth-order valence-corrected chi connectivity index (χ4v) is 6.16. The van der Waals surface area contributed by atoms with Gasteiger partial charge in [0.25, 0.3) is 0 Å². The van der Waals surface area contributed by atoms with Crippen LogP contribution in [0.5, 0.6) is 23.0 Å². The molecule has 0 radical (unpaired) electrons. The first-order chi connectivity index (χ1) is 18.8. The lowest BCUT2D eigenvalue weighted by Gasteiger charge is -2.13. The van der Waals surface area contributed by atoms with Crippen molar-refractivity contribution in [3.63, 3.8) is 0 Å². The molecule has 0 N–H and O–H groups in total. The maximum absolute atomic E-state index is 5.81. The number of rotatable bonds is 9. The predicted molar refractivity (Wildman–Crippen MR) is 155 cm³/mol. The third-order valence-corrected chi connectivity index (χ3v) is 8.31. The Balaban J connectivity index is 1.15. The number of para-hydroxylation sites is 2. The monoisotopic (exact) mass is 534 g/mol. The first-order valence-corrected chi connectivity index (χ1v) is 14.2. The Hall–Kier alpha value is -4.26. The van der Waals surface area contributed by atoms with Crippen LogP contribution >= 0.6 is 21.6 Å². The molecule has 6 aromatic rings. The standard InChI is InChI=1S/C32H22O4S2/c1-3-15-25-23(11-1)13-9-19-27(25)33-35-29-17-5-7-21-31(29)37-38-32-22-8-6-18-30(32)36-34-28-20-10-14-24-12-2-4-16-26(24)28/h1-22H. The third kappa shape index (κ3) is 5.37. The van der Waals surface area contributed by atoms with Crippen molar-refractivity contribution in [3.05, 3.63) is 133 Å². The molecule has 186 valence electrons. The summed E-state index contributed by atoms with van der Waals surface area (Å²) in [6.07, 6.45) is 0. The van der Waals surface area contributed by atoms with Crippen LogP contribution in [0.3, 0.4) is 0 Å². The summed E-state index contributed by atoms with van der Waals surface area (Å²) in [4.78, 5) is 25.0. The lowest BCUT2D eigenvalue weighted by Crippen LogP contribution is -2.02.